The fourth-order valence-electron chi connectivity index (χ4n) is 1.74. The van der Waals surface area contributed by atoms with Gasteiger partial charge in [-0.05, 0) is 39.2 Å². The van der Waals surface area contributed by atoms with Crippen molar-refractivity contribution < 1.29 is 19.4 Å². The Hall–Kier alpha value is -2.39. The first-order valence-corrected chi connectivity index (χ1v) is 6.50. The van der Waals surface area contributed by atoms with Crippen LogP contribution in [-0.2, 0) is 16.1 Å². The maximum absolute atomic E-state index is 11.6. The SMILES string of the molecule is CN(C)CCCC(=O)OCc1ccc(C#N)cc1C(=O)O. The first-order valence-electron chi connectivity index (χ1n) is 6.50. The summed E-state index contributed by atoms with van der Waals surface area (Å²) in [6.45, 7) is 0.681. The highest BCUT2D eigenvalue weighted by Gasteiger charge is 2.13. The van der Waals surface area contributed by atoms with Crippen LogP contribution in [0.2, 0.25) is 0 Å². The van der Waals surface area contributed by atoms with E-state index in [9.17, 15) is 9.59 Å². The fourth-order valence-corrected chi connectivity index (χ4v) is 1.74. The van der Waals surface area contributed by atoms with Gasteiger partial charge in [0.2, 0.25) is 0 Å². The van der Waals surface area contributed by atoms with Gasteiger partial charge in [0.05, 0.1) is 17.2 Å². The standard InChI is InChI=1S/C15H18N2O4/c1-17(2)7-3-4-14(18)21-10-12-6-5-11(9-16)8-13(12)15(19)20/h5-6,8H,3-4,7,10H2,1-2H3,(H,19,20). The number of ether oxygens (including phenoxy) is 1. The molecule has 0 aliphatic rings. The number of nitriles is 1. The van der Waals surface area contributed by atoms with Gasteiger partial charge < -0.3 is 14.7 Å². The van der Waals surface area contributed by atoms with Crippen LogP contribution < -0.4 is 0 Å². The molecular formula is C15H18N2O4. The molecule has 1 aromatic rings. The smallest absolute Gasteiger partial charge is 0.336 e. The molecule has 0 spiro atoms. The Bertz CT molecular complexity index is 561. The van der Waals surface area contributed by atoms with Gasteiger partial charge in [-0.25, -0.2) is 4.79 Å². The molecule has 6 nitrogen and oxygen atoms in total. The second kappa shape index (κ2) is 8.02. The third kappa shape index (κ3) is 5.63. The summed E-state index contributed by atoms with van der Waals surface area (Å²) >= 11 is 0. The summed E-state index contributed by atoms with van der Waals surface area (Å²) in [7, 11) is 3.84. The van der Waals surface area contributed by atoms with Crippen LogP contribution in [0.15, 0.2) is 18.2 Å². The van der Waals surface area contributed by atoms with Crippen LogP contribution in [0.4, 0.5) is 0 Å². The van der Waals surface area contributed by atoms with Crippen LogP contribution in [0.25, 0.3) is 0 Å². The number of esters is 1. The van der Waals surface area contributed by atoms with Crippen molar-refractivity contribution in [2.75, 3.05) is 20.6 Å². The molecule has 1 aromatic carbocycles. The second-order valence-corrected chi connectivity index (χ2v) is 4.86. The lowest BCUT2D eigenvalue weighted by atomic mass is 10.1. The largest absolute Gasteiger partial charge is 0.478 e. The Morgan fingerprint density at radius 2 is 2.10 bits per heavy atom. The normalized spacial score (nSPS) is 10.2. The van der Waals surface area contributed by atoms with Gasteiger partial charge in [0.25, 0.3) is 0 Å². The number of carbonyl (C=O) groups is 2. The molecule has 0 unspecified atom stereocenters. The lowest BCUT2D eigenvalue weighted by molar-refractivity contribution is -0.145. The van der Waals surface area contributed by atoms with E-state index in [0.717, 1.165) is 6.54 Å². The number of aromatic carboxylic acids is 1. The van der Waals surface area contributed by atoms with Crippen molar-refractivity contribution in [1.82, 2.24) is 4.90 Å². The number of nitrogens with zero attached hydrogens (tertiary/aromatic N) is 2. The van der Waals surface area contributed by atoms with Crippen LogP contribution in [0, 0.1) is 11.3 Å². The Kier molecular flexibility index (Phi) is 6.37. The van der Waals surface area contributed by atoms with Crippen molar-refractivity contribution >= 4 is 11.9 Å². The minimum absolute atomic E-state index is 0.0184. The lowest BCUT2D eigenvalue weighted by Crippen LogP contribution is -2.15. The molecule has 6 heteroatoms. The Morgan fingerprint density at radius 3 is 2.67 bits per heavy atom. The van der Waals surface area contributed by atoms with Crippen molar-refractivity contribution in [1.29, 1.82) is 5.26 Å². The predicted octanol–water partition coefficient (Wildman–Crippen LogP) is 1.64. The molecule has 0 aliphatic carbocycles. The number of carboxylic acids is 1. The number of benzene rings is 1. The van der Waals surface area contributed by atoms with E-state index in [1.54, 1.807) is 0 Å². The molecule has 0 bridgehead atoms. The van der Waals surface area contributed by atoms with Crippen LogP contribution in [-0.4, -0.2) is 42.6 Å². The summed E-state index contributed by atoms with van der Waals surface area (Å²) in [5, 5.41) is 17.9. The Balaban J connectivity index is 2.61. The van der Waals surface area contributed by atoms with Gasteiger partial charge >= 0.3 is 11.9 Å². The number of rotatable bonds is 7. The van der Waals surface area contributed by atoms with Gasteiger partial charge in [-0.2, -0.15) is 5.26 Å². The molecule has 0 amide bonds. The summed E-state index contributed by atoms with van der Waals surface area (Å²) < 4.78 is 5.07. The molecule has 21 heavy (non-hydrogen) atoms. The highest BCUT2D eigenvalue weighted by Crippen LogP contribution is 2.14. The van der Waals surface area contributed by atoms with Gasteiger partial charge in [0.15, 0.2) is 0 Å². The van der Waals surface area contributed by atoms with Crippen LogP contribution in [0.3, 0.4) is 0 Å². The molecule has 0 radical (unpaired) electrons. The minimum atomic E-state index is -1.15. The zero-order valence-corrected chi connectivity index (χ0v) is 12.1. The quantitative estimate of drug-likeness (QED) is 0.768. The molecule has 0 heterocycles. The van der Waals surface area contributed by atoms with Crippen molar-refractivity contribution in [3.63, 3.8) is 0 Å². The van der Waals surface area contributed by atoms with Crippen LogP contribution >= 0.6 is 0 Å². The monoisotopic (exact) mass is 290 g/mol. The average Bonchev–Trinajstić information content (AvgIpc) is 2.44. The van der Waals surface area contributed by atoms with E-state index in [-0.39, 0.29) is 30.1 Å². The first-order chi connectivity index (χ1) is 9.93. The highest BCUT2D eigenvalue weighted by molar-refractivity contribution is 5.89. The fraction of sp³-hybridized carbons (Fsp3) is 0.400. The zero-order chi connectivity index (χ0) is 15.8. The van der Waals surface area contributed by atoms with E-state index in [4.69, 9.17) is 15.1 Å². The maximum Gasteiger partial charge on any atom is 0.336 e. The van der Waals surface area contributed by atoms with Gasteiger partial charge in [-0.15, -0.1) is 0 Å². The number of hydrogen-bond acceptors (Lipinski definition) is 5. The van der Waals surface area contributed by atoms with E-state index in [1.807, 2.05) is 25.1 Å². The summed E-state index contributed by atoms with van der Waals surface area (Å²) in [6, 6.07) is 6.15. The molecule has 0 aromatic heterocycles. The molecule has 0 aliphatic heterocycles. The van der Waals surface area contributed by atoms with Crippen LogP contribution in [0.1, 0.15) is 34.3 Å². The number of carboxylic acid groups (broad SMARTS) is 1. The lowest BCUT2D eigenvalue weighted by Gasteiger charge is -2.10. The zero-order valence-electron chi connectivity index (χ0n) is 12.1. The van der Waals surface area contributed by atoms with E-state index in [2.05, 4.69) is 0 Å². The average molecular weight is 290 g/mol. The maximum atomic E-state index is 11.6. The molecule has 0 saturated heterocycles. The number of hydrogen-bond donors (Lipinski definition) is 1. The third-order valence-electron chi connectivity index (χ3n) is 2.84. The summed E-state index contributed by atoms with van der Waals surface area (Å²) in [4.78, 5) is 24.7. The van der Waals surface area contributed by atoms with Crippen molar-refractivity contribution in [3.8, 4) is 6.07 Å². The third-order valence-corrected chi connectivity index (χ3v) is 2.84. The molecule has 0 saturated carbocycles. The van der Waals surface area contributed by atoms with Gasteiger partial charge in [-0.1, -0.05) is 6.07 Å². The molecule has 1 N–H and O–H groups in total. The van der Waals surface area contributed by atoms with E-state index < -0.39 is 5.97 Å². The summed E-state index contributed by atoms with van der Waals surface area (Å²) in [5.74, 6) is -1.51. The van der Waals surface area contributed by atoms with Gasteiger partial charge in [0, 0.05) is 12.0 Å². The molecule has 0 fully saturated rings. The molecule has 112 valence electrons. The molecular weight excluding hydrogens is 272 g/mol. The van der Waals surface area contributed by atoms with Crippen molar-refractivity contribution in [2.24, 2.45) is 0 Å². The van der Waals surface area contributed by atoms with E-state index in [0.29, 0.717) is 12.0 Å². The van der Waals surface area contributed by atoms with Gasteiger partial charge in [0.1, 0.15) is 6.61 Å². The minimum Gasteiger partial charge on any atom is -0.478 e. The molecule has 1 rings (SSSR count). The summed E-state index contributed by atoms with van der Waals surface area (Å²) in [5.41, 5.74) is 0.617. The van der Waals surface area contributed by atoms with Crippen molar-refractivity contribution in [3.05, 3.63) is 34.9 Å². The predicted molar refractivity (Wildman–Crippen MR) is 75.7 cm³/mol. The second-order valence-electron chi connectivity index (χ2n) is 4.86. The Labute approximate surface area is 123 Å². The van der Waals surface area contributed by atoms with Gasteiger partial charge in [-0.3, -0.25) is 4.79 Å². The van der Waals surface area contributed by atoms with Crippen molar-refractivity contribution in [2.45, 2.75) is 19.4 Å². The van der Waals surface area contributed by atoms with E-state index in [1.165, 1.54) is 18.2 Å². The number of carbonyl (C=O) groups excluding carboxylic acids is 1. The molecule has 0 atom stereocenters. The topological polar surface area (TPSA) is 90.6 Å². The highest BCUT2D eigenvalue weighted by atomic mass is 16.5. The first kappa shape index (κ1) is 16.7. The van der Waals surface area contributed by atoms with Crippen LogP contribution in [0.5, 0.6) is 0 Å². The van der Waals surface area contributed by atoms with E-state index >= 15 is 0 Å². The Morgan fingerprint density at radius 1 is 1.38 bits per heavy atom. The summed E-state index contributed by atoms with van der Waals surface area (Å²) in [6.07, 6.45) is 0.974.